The number of hydrogen-bond acceptors (Lipinski definition) is 2. The van der Waals surface area contributed by atoms with Crippen molar-refractivity contribution < 1.29 is 0 Å². The van der Waals surface area contributed by atoms with E-state index < -0.39 is 0 Å². The molecule has 0 saturated carbocycles. The van der Waals surface area contributed by atoms with E-state index in [0.717, 1.165) is 16.5 Å². The SMILES string of the molecule is Cc1ccc(-c2c3ccccc3c(-c3ccc4cc(-c5ccnc(C#N)c5)ccc4c3)c3ccccc23)cc1. The fourth-order valence-corrected chi connectivity index (χ4v) is 5.72. The highest BCUT2D eigenvalue weighted by Gasteiger charge is 2.16. The van der Waals surface area contributed by atoms with Crippen LogP contribution in [0, 0.1) is 18.3 Å². The fraction of sp³-hybridized carbons (Fsp3) is 0.0270. The van der Waals surface area contributed by atoms with Gasteiger partial charge in [-0.2, -0.15) is 5.26 Å². The minimum atomic E-state index is 0.427. The van der Waals surface area contributed by atoms with Crippen LogP contribution in [-0.4, -0.2) is 4.98 Å². The van der Waals surface area contributed by atoms with Crippen LogP contribution in [-0.2, 0) is 0 Å². The Morgan fingerprint density at radius 3 is 1.59 bits per heavy atom. The van der Waals surface area contributed by atoms with Gasteiger partial charge in [-0.3, -0.25) is 0 Å². The standard InChI is InChI=1S/C37H24N2/c1-24-10-12-25(13-11-24)36-32-6-2-4-8-34(32)37(35-9-5-3-7-33(35)36)30-17-16-26-20-27(14-15-28(26)21-30)29-18-19-39-31(22-29)23-38/h2-22H,1H3. The first kappa shape index (κ1) is 22.9. The third kappa shape index (κ3) is 3.93. The van der Waals surface area contributed by atoms with E-state index in [1.807, 2.05) is 12.1 Å². The van der Waals surface area contributed by atoms with Crippen LogP contribution < -0.4 is 0 Å². The van der Waals surface area contributed by atoms with E-state index in [1.165, 1.54) is 54.7 Å². The summed E-state index contributed by atoms with van der Waals surface area (Å²) in [4.78, 5) is 4.11. The van der Waals surface area contributed by atoms with Gasteiger partial charge in [0, 0.05) is 6.20 Å². The minimum absolute atomic E-state index is 0.427. The van der Waals surface area contributed by atoms with Crippen molar-refractivity contribution in [2.24, 2.45) is 0 Å². The second-order valence-corrected chi connectivity index (χ2v) is 10.0. The molecule has 7 aromatic rings. The zero-order chi connectivity index (χ0) is 26.3. The Morgan fingerprint density at radius 2 is 1.00 bits per heavy atom. The Kier molecular flexibility index (Phi) is 5.43. The molecule has 0 fully saturated rings. The average Bonchev–Trinajstić information content (AvgIpc) is 3.00. The fourth-order valence-electron chi connectivity index (χ4n) is 5.72. The highest BCUT2D eigenvalue weighted by molar-refractivity contribution is 6.21. The maximum Gasteiger partial charge on any atom is 0.141 e. The van der Waals surface area contributed by atoms with E-state index in [4.69, 9.17) is 0 Å². The highest BCUT2D eigenvalue weighted by Crippen LogP contribution is 2.44. The van der Waals surface area contributed by atoms with Crippen LogP contribution in [0.15, 0.2) is 128 Å². The van der Waals surface area contributed by atoms with Crippen LogP contribution in [0.3, 0.4) is 0 Å². The van der Waals surface area contributed by atoms with Crippen molar-refractivity contribution in [3.05, 3.63) is 139 Å². The van der Waals surface area contributed by atoms with Crippen LogP contribution in [0.4, 0.5) is 0 Å². The molecule has 0 spiro atoms. The Hall–Kier alpha value is -5.26. The first-order valence-electron chi connectivity index (χ1n) is 13.1. The molecular formula is C37H24N2. The molecule has 6 aromatic carbocycles. The number of benzene rings is 6. The van der Waals surface area contributed by atoms with Crippen molar-refractivity contribution in [2.75, 3.05) is 0 Å². The van der Waals surface area contributed by atoms with Crippen molar-refractivity contribution >= 4 is 32.3 Å². The molecular weight excluding hydrogens is 472 g/mol. The molecule has 182 valence electrons. The van der Waals surface area contributed by atoms with Crippen LogP contribution in [0.2, 0.25) is 0 Å². The van der Waals surface area contributed by atoms with Gasteiger partial charge in [0.2, 0.25) is 0 Å². The number of nitrogens with zero attached hydrogens (tertiary/aromatic N) is 2. The topological polar surface area (TPSA) is 36.7 Å². The molecule has 0 N–H and O–H groups in total. The molecule has 0 atom stereocenters. The van der Waals surface area contributed by atoms with E-state index in [1.54, 1.807) is 6.20 Å². The summed E-state index contributed by atoms with van der Waals surface area (Å²) in [5, 5.41) is 16.6. The summed E-state index contributed by atoms with van der Waals surface area (Å²) in [6.45, 7) is 2.13. The molecule has 1 aromatic heterocycles. The summed E-state index contributed by atoms with van der Waals surface area (Å²) < 4.78 is 0. The minimum Gasteiger partial charge on any atom is -0.246 e. The van der Waals surface area contributed by atoms with Crippen molar-refractivity contribution in [1.82, 2.24) is 4.98 Å². The van der Waals surface area contributed by atoms with E-state index >= 15 is 0 Å². The van der Waals surface area contributed by atoms with Gasteiger partial charge in [0.1, 0.15) is 11.8 Å². The van der Waals surface area contributed by atoms with Gasteiger partial charge in [-0.25, -0.2) is 4.98 Å². The summed E-state index contributed by atoms with van der Waals surface area (Å²) in [6, 6.07) is 45.5. The summed E-state index contributed by atoms with van der Waals surface area (Å²) in [7, 11) is 0. The first-order valence-corrected chi connectivity index (χ1v) is 13.1. The molecule has 0 unspecified atom stereocenters. The van der Waals surface area contributed by atoms with Crippen LogP contribution >= 0.6 is 0 Å². The predicted octanol–water partition coefficient (Wildman–Crippen LogP) is 9.72. The van der Waals surface area contributed by atoms with Gasteiger partial charge in [0.05, 0.1) is 0 Å². The number of aryl methyl sites for hydroxylation is 1. The van der Waals surface area contributed by atoms with Gasteiger partial charge < -0.3 is 0 Å². The lowest BCUT2D eigenvalue weighted by Crippen LogP contribution is -1.91. The average molecular weight is 497 g/mol. The second kappa shape index (κ2) is 9.24. The van der Waals surface area contributed by atoms with E-state index in [2.05, 4.69) is 127 Å². The summed E-state index contributed by atoms with van der Waals surface area (Å²) >= 11 is 0. The molecule has 0 aliphatic heterocycles. The number of pyridine rings is 1. The number of rotatable bonds is 3. The quantitative estimate of drug-likeness (QED) is 0.228. The molecule has 0 radical (unpaired) electrons. The number of nitriles is 1. The zero-order valence-corrected chi connectivity index (χ0v) is 21.5. The summed E-state index contributed by atoms with van der Waals surface area (Å²) in [5.41, 5.74) is 8.74. The van der Waals surface area contributed by atoms with Gasteiger partial charge in [-0.1, -0.05) is 103 Å². The molecule has 0 aliphatic carbocycles. The Balaban J connectivity index is 1.45. The first-order chi connectivity index (χ1) is 19.2. The molecule has 0 aliphatic rings. The highest BCUT2D eigenvalue weighted by atomic mass is 14.7. The Morgan fingerprint density at radius 1 is 0.513 bits per heavy atom. The third-order valence-corrected chi connectivity index (χ3v) is 7.61. The smallest absolute Gasteiger partial charge is 0.141 e. The van der Waals surface area contributed by atoms with Crippen LogP contribution in [0.25, 0.3) is 65.7 Å². The van der Waals surface area contributed by atoms with Gasteiger partial charge in [0.25, 0.3) is 0 Å². The monoisotopic (exact) mass is 496 g/mol. The number of fused-ring (bicyclic) bond motifs is 3. The number of aromatic nitrogens is 1. The lowest BCUT2D eigenvalue weighted by atomic mass is 9.85. The lowest BCUT2D eigenvalue weighted by molar-refractivity contribution is 1.27. The van der Waals surface area contributed by atoms with Gasteiger partial charge >= 0.3 is 0 Å². The Bertz CT molecular complexity index is 2020. The van der Waals surface area contributed by atoms with Crippen LogP contribution in [0.1, 0.15) is 11.3 Å². The predicted molar refractivity (Wildman–Crippen MR) is 163 cm³/mol. The molecule has 39 heavy (non-hydrogen) atoms. The van der Waals surface area contributed by atoms with E-state index in [9.17, 15) is 5.26 Å². The second-order valence-electron chi connectivity index (χ2n) is 10.0. The zero-order valence-electron chi connectivity index (χ0n) is 21.5. The van der Waals surface area contributed by atoms with Crippen molar-refractivity contribution in [3.63, 3.8) is 0 Å². The Labute approximate surface area is 227 Å². The largest absolute Gasteiger partial charge is 0.246 e. The van der Waals surface area contributed by atoms with Crippen molar-refractivity contribution in [1.29, 1.82) is 5.26 Å². The number of hydrogen-bond donors (Lipinski definition) is 0. The summed E-state index contributed by atoms with van der Waals surface area (Å²) in [6.07, 6.45) is 1.69. The van der Waals surface area contributed by atoms with E-state index in [-0.39, 0.29) is 0 Å². The maximum absolute atomic E-state index is 9.25. The molecule has 0 saturated heterocycles. The maximum atomic E-state index is 9.25. The molecule has 1 heterocycles. The summed E-state index contributed by atoms with van der Waals surface area (Å²) in [5.74, 6) is 0. The lowest BCUT2D eigenvalue weighted by Gasteiger charge is -2.18. The third-order valence-electron chi connectivity index (χ3n) is 7.61. The van der Waals surface area contributed by atoms with Gasteiger partial charge in [-0.15, -0.1) is 0 Å². The van der Waals surface area contributed by atoms with E-state index in [0.29, 0.717) is 5.69 Å². The van der Waals surface area contributed by atoms with Crippen molar-refractivity contribution in [2.45, 2.75) is 6.92 Å². The molecule has 2 nitrogen and oxygen atoms in total. The molecule has 7 rings (SSSR count). The molecule has 0 amide bonds. The van der Waals surface area contributed by atoms with Crippen molar-refractivity contribution in [3.8, 4) is 39.4 Å². The van der Waals surface area contributed by atoms with Crippen LogP contribution in [0.5, 0.6) is 0 Å². The normalized spacial score (nSPS) is 11.2. The van der Waals surface area contributed by atoms with Gasteiger partial charge in [-0.05, 0) is 96.9 Å². The van der Waals surface area contributed by atoms with Gasteiger partial charge in [0.15, 0.2) is 0 Å². The molecule has 2 heteroatoms. The molecule has 0 bridgehead atoms.